The quantitative estimate of drug-likeness (QED) is 0.716. The van der Waals surface area contributed by atoms with Gasteiger partial charge in [-0.3, -0.25) is 9.59 Å². The van der Waals surface area contributed by atoms with Crippen molar-refractivity contribution in [3.8, 4) is 0 Å². The maximum atomic E-state index is 13.0. The number of thioether (sulfide) groups is 1. The Labute approximate surface area is 168 Å². The number of rotatable bonds is 4. The summed E-state index contributed by atoms with van der Waals surface area (Å²) in [7, 11) is 0. The van der Waals surface area contributed by atoms with Crippen molar-refractivity contribution in [3.05, 3.63) is 59.9 Å². The first-order valence-electron chi connectivity index (χ1n) is 9.51. The van der Waals surface area contributed by atoms with Gasteiger partial charge in [0, 0.05) is 16.7 Å². The third kappa shape index (κ3) is 4.07. The van der Waals surface area contributed by atoms with Gasteiger partial charge in [0.2, 0.25) is 0 Å². The van der Waals surface area contributed by atoms with Crippen LogP contribution >= 0.6 is 11.8 Å². The van der Waals surface area contributed by atoms with Crippen LogP contribution in [0.3, 0.4) is 0 Å². The molecule has 4 rings (SSSR count). The highest BCUT2D eigenvalue weighted by atomic mass is 32.2. The molecule has 0 saturated heterocycles. The minimum Gasteiger partial charge on any atom is -0.455 e. The number of carbonyl (C=O) groups excluding carboxylic acids is 2. The second kappa shape index (κ2) is 7.95. The Hall–Kier alpha value is -2.34. The standard InChI is InChI=1S/C22H22FNO3S/c1-14-10-11-24(19-4-2-3-5-20(19)28-14)21(25)13-27-22(26)18-12-17(18)15-6-8-16(23)9-7-15/h2-9,14,17-18H,10-13H2,1H3/t14-,17+,18-/m1/s1. The second-order valence-corrected chi connectivity index (χ2v) is 8.82. The average Bonchev–Trinajstić information content (AvgIpc) is 3.50. The Morgan fingerprint density at radius 1 is 1.18 bits per heavy atom. The summed E-state index contributed by atoms with van der Waals surface area (Å²) >= 11 is 1.76. The van der Waals surface area contributed by atoms with E-state index in [4.69, 9.17) is 4.74 Å². The number of para-hydroxylation sites is 1. The van der Waals surface area contributed by atoms with E-state index in [9.17, 15) is 14.0 Å². The van der Waals surface area contributed by atoms with E-state index in [1.54, 1.807) is 28.8 Å². The molecule has 1 heterocycles. The smallest absolute Gasteiger partial charge is 0.310 e. The molecular formula is C22H22FNO3S. The Bertz CT molecular complexity index is 886. The average molecular weight is 399 g/mol. The van der Waals surface area contributed by atoms with E-state index in [0.717, 1.165) is 22.6 Å². The maximum absolute atomic E-state index is 13.0. The molecule has 2 aromatic rings. The van der Waals surface area contributed by atoms with Gasteiger partial charge in [-0.1, -0.05) is 31.2 Å². The molecule has 1 aliphatic carbocycles. The highest BCUT2D eigenvalue weighted by Gasteiger charge is 2.45. The molecule has 4 nitrogen and oxygen atoms in total. The summed E-state index contributed by atoms with van der Waals surface area (Å²) in [5, 5.41) is 0.421. The first-order valence-corrected chi connectivity index (χ1v) is 10.4. The molecule has 0 N–H and O–H groups in total. The SMILES string of the molecule is C[C@@H]1CCN(C(=O)COC(=O)[C@@H]2C[C@H]2c2ccc(F)cc2)c2ccccc2S1. The fourth-order valence-corrected chi connectivity index (χ4v) is 4.71. The molecule has 0 radical (unpaired) electrons. The van der Waals surface area contributed by atoms with Crippen LogP contribution in [0.5, 0.6) is 0 Å². The summed E-state index contributed by atoms with van der Waals surface area (Å²) in [6, 6.07) is 14.0. The molecule has 28 heavy (non-hydrogen) atoms. The molecule has 146 valence electrons. The van der Waals surface area contributed by atoms with Gasteiger partial charge in [0.05, 0.1) is 11.6 Å². The summed E-state index contributed by atoms with van der Waals surface area (Å²) in [6.45, 7) is 2.51. The van der Waals surface area contributed by atoms with Crippen LogP contribution in [0.1, 0.15) is 31.2 Å². The summed E-state index contributed by atoms with van der Waals surface area (Å²) in [5.41, 5.74) is 1.82. The van der Waals surface area contributed by atoms with Gasteiger partial charge < -0.3 is 9.64 Å². The monoisotopic (exact) mass is 399 g/mol. The first kappa shape index (κ1) is 19.0. The molecule has 0 bridgehead atoms. The zero-order valence-electron chi connectivity index (χ0n) is 15.6. The van der Waals surface area contributed by atoms with Crippen molar-refractivity contribution in [2.45, 2.75) is 35.8 Å². The lowest BCUT2D eigenvalue weighted by Gasteiger charge is -2.22. The molecule has 6 heteroatoms. The molecule has 1 aliphatic heterocycles. The molecule has 2 aliphatic rings. The maximum Gasteiger partial charge on any atom is 0.310 e. The van der Waals surface area contributed by atoms with Crippen LogP contribution in [-0.2, 0) is 14.3 Å². The van der Waals surface area contributed by atoms with Crippen molar-refractivity contribution >= 4 is 29.3 Å². The fourth-order valence-electron chi connectivity index (χ4n) is 3.60. The van der Waals surface area contributed by atoms with Gasteiger partial charge >= 0.3 is 5.97 Å². The lowest BCUT2D eigenvalue weighted by atomic mass is 10.1. The number of amides is 1. The summed E-state index contributed by atoms with van der Waals surface area (Å²) in [6.07, 6.45) is 1.56. The van der Waals surface area contributed by atoms with E-state index >= 15 is 0 Å². The number of benzene rings is 2. The first-order chi connectivity index (χ1) is 13.5. The minimum atomic E-state index is -0.353. The second-order valence-electron chi connectivity index (χ2n) is 7.34. The third-order valence-corrected chi connectivity index (χ3v) is 6.51. The van der Waals surface area contributed by atoms with Gasteiger partial charge in [-0.15, -0.1) is 11.8 Å². The molecule has 2 aromatic carbocycles. The summed E-state index contributed by atoms with van der Waals surface area (Å²) in [4.78, 5) is 27.9. The van der Waals surface area contributed by atoms with Crippen LogP contribution in [0, 0.1) is 11.7 Å². The number of nitrogens with zero attached hydrogens (tertiary/aromatic N) is 1. The molecule has 0 spiro atoms. The van der Waals surface area contributed by atoms with Gasteiger partial charge in [0.1, 0.15) is 5.82 Å². The van der Waals surface area contributed by atoms with Crippen molar-refractivity contribution < 1.29 is 18.7 Å². The molecular weight excluding hydrogens is 377 g/mol. The molecule has 0 aromatic heterocycles. The zero-order chi connectivity index (χ0) is 19.7. The number of esters is 1. The van der Waals surface area contributed by atoms with Crippen molar-refractivity contribution in [1.29, 1.82) is 0 Å². The number of fused-ring (bicyclic) bond motifs is 1. The van der Waals surface area contributed by atoms with Crippen LogP contribution in [0.2, 0.25) is 0 Å². The van der Waals surface area contributed by atoms with Crippen molar-refractivity contribution in [2.24, 2.45) is 5.92 Å². The number of hydrogen-bond acceptors (Lipinski definition) is 4. The van der Waals surface area contributed by atoms with Gasteiger partial charge in [0.15, 0.2) is 6.61 Å². The fraction of sp³-hybridized carbons (Fsp3) is 0.364. The van der Waals surface area contributed by atoms with E-state index in [-0.39, 0.29) is 36.1 Å². The van der Waals surface area contributed by atoms with Crippen molar-refractivity contribution in [1.82, 2.24) is 0 Å². The van der Waals surface area contributed by atoms with E-state index in [0.29, 0.717) is 18.2 Å². The number of carbonyl (C=O) groups is 2. The van der Waals surface area contributed by atoms with Gasteiger partial charge in [-0.2, -0.15) is 0 Å². The highest BCUT2D eigenvalue weighted by Crippen LogP contribution is 2.48. The Morgan fingerprint density at radius 3 is 2.71 bits per heavy atom. The van der Waals surface area contributed by atoms with E-state index in [2.05, 4.69) is 6.92 Å². The van der Waals surface area contributed by atoms with Gasteiger partial charge in [-0.05, 0) is 48.6 Å². The molecule has 3 atom stereocenters. The van der Waals surface area contributed by atoms with E-state index in [1.165, 1.54) is 12.1 Å². The van der Waals surface area contributed by atoms with Gasteiger partial charge in [-0.25, -0.2) is 4.39 Å². The highest BCUT2D eigenvalue weighted by molar-refractivity contribution is 8.00. The van der Waals surface area contributed by atoms with Crippen molar-refractivity contribution in [2.75, 3.05) is 18.1 Å². The van der Waals surface area contributed by atoms with Crippen LogP contribution in [0.15, 0.2) is 53.4 Å². The Kier molecular flexibility index (Phi) is 5.40. The Morgan fingerprint density at radius 2 is 1.93 bits per heavy atom. The number of anilines is 1. The molecule has 0 unspecified atom stereocenters. The third-order valence-electron chi connectivity index (χ3n) is 5.27. The van der Waals surface area contributed by atoms with Gasteiger partial charge in [0.25, 0.3) is 5.91 Å². The van der Waals surface area contributed by atoms with E-state index in [1.807, 2.05) is 24.3 Å². The predicted molar refractivity (Wildman–Crippen MR) is 107 cm³/mol. The number of halogens is 1. The summed E-state index contributed by atoms with van der Waals surface area (Å²) in [5.74, 6) is -1.04. The number of hydrogen-bond donors (Lipinski definition) is 0. The van der Waals surface area contributed by atoms with Crippen LogP contribution in [-0.4, -0.2) is 30.3 Å². The van der Waals surface area contributed by atoms with Crippen LogP contribution in [0.4, 0.5) is 10.1 Å². The normalized spacial score (nSPS) is 23.5. The van der Waals surface area contributed by atoms with E-state index < -0.39 is 0 Å². The minimum absolute atomic E-state index is 0.0550. The molecule has 1 fully saturated rings. The van der Waals surface area contributed by atoms with Crippen molar-refractivity contribution in [3.63, 3.8) is 0 Å². The Balaban J connectivity index is 1.36. The number of ether oxygens (including phenoxy) is 1. The lowest BCUT2D eigenvalue weighted by Crippen LogP contribution is -2.36. The molecule has 1 saturated carbocycles. The predicted octanol–water partition coefficient (Wildman–Crippen LogP) is 4.39. The zero-order valence-corrected chi connectivity index (χ0v) is 16.5. The summed E-state index contributed by atoms with van der Waals surface area (Å²) < 4.78 is 18.4. The lowest BCUT2D eigenvalue weighted by molar-refractivity contribution is -0.149. The largest absolute Gasteiger partial charge is 0.455 e. The topological polar surface area (TPSA) is 46.6 Å². The van der Waals surface area contributed by atoms with Crippen LogP contribution < -0.4 is 4.90 Å². The molecule has 1 amide bonds. The van der Waals surface area contributed by atoms with Crippen LogP contribution in [0.25, 0.3) is 0 Å².